The molecule has 0 unspecified atom stereocenters. The Morgan fingerprint density at radius 1 is 1.12 bits per heavy atom. The second-order valence-corrected chi connectivity index (χ2v) is 3.36. The molecule has 0 aliphatic carbocycles. The van der Waals surface area contributed by atoms with Crippen LogP contribution in [0.2, 0.25) is 0 Å². The van der Waals surface area contributed by atoms with E-state index in [-0.39, 0.29) is 12.4 Å². The molecule has 8 N–H and O–H groups in total. The number of hydrogen-bond donors (Lipinski definition) is 5. The zero-order chi connectivity index (χ0) is 13.1. The van der Waals surface area contributed by atoms with Gasteiger partial charge in [-0.2, -0.15) is 0 Å². The largest absolute Gasteiger partial charge is 0.480 e. The van der Waals surface area contributed by atoms with Gasteiger partial charge in [0.25, 0.3) is 0 Å². The molecule has 104 valence electrons. The van der Waals surface area contributed by atoms with Gasteiger partial charge in [-0.15, -0.1) is 12.4 Å². The molecule has 0 saturated heterocycles. The van der Waals surface area contributed by atoms with Crippen LogP contribution in [0.25, 0.3) is 0 Å². The highest BCUT2D eigenvalue weighted by molar-refractivity contribution is 5.85. The van der Waals surface area contributed by atoms with Crippen molar-refractivity contribution < 1.29 is 19.8 Å². The van der Waals surface area contributed by atoms with E-state index in [2.05, 4.69) is 0 Å². The molecule has 0 aliphatic heterocycles. The maximum absolute atomic E-state index is 10.1. The monoisotopic (exact) mass is 271 g/mol. The standard InChI is InChI=1S/C6H14N2O2.C3H7NO2.ClH/c7-4-2-1-3-5(8)6(9)10;1-2(4)3(5)6;/h5H,1-4,7-8H2,(H,9,10);2H,4H2,1H3,(H,5,6);1H/t5-;2-;/m00./s1. The Balaban J connectivity index is -0.000000244. The van der Waals surface area contributed by atoms with Crippen molar-refractivity contribution in [1.29, 1.82) is 0 Å². The summed E-state index contributed by atoms with van der Waals surface area (Å²) < 4.78 is 0. The number of carbonyl (C=O) groups is 2. The number of carboxylic acids is 2. The molecule has 0 aliphatic rings. The summed E-state index contributed by atoms with van der Waals surface area (Å²) in [6.07, 6.45) is 2.16. The van der Waals surface area contributed by atoms with Crippen LogP contribution in [-0.2, 0) is 9.59 Å². The topological polar surface area (TPSA) is 153 Å². The van der Waals surface area contributed by atoms with Crippen LogP contribution < -0.4 is 17.2 Å². The Morgan fingerprint density at radius 2 is 1.53 bits per heavy atom. The minimum atomic E-state index is -0.963. The predicted molar refractivity (Wildman–Crippen MR) is 67.0 cm³/mol. The summed E-state index contributed by atoms with van der Waals surface area (Å²) in [4.78, 5) is 19.7. The normalized spacial score (nSPS) is 12.5. The molecule has 2 atom stereocenters. The van der Waals surface area contributed by atoms with E-state index in [0.29, 0.717) is 13.0 Å². The third kappa shape index (κ3) is 17.7. The van der Waals surface area contributed by atoms with Crippen LogP contribution in [0.15, 0.2) is 0 Å². The quantitative estimate of drug-likeness (QED) is 0.403. The lowest BCUT2D eigenvalue weighted by Gasteiger charge is -2.03. The fourth-order valence-electron chi connectivity index (χ4n) is 0.632. The summed E-state index contributed by atoms with van der Waals surface area (Å²) in [6, 6.07) is -1.45. The van der Waals surface area contributed by atoms with Gasteiger partial charge in [-0.05, 0) is 26.3 Å². The minimum Gasteiger partial charge on any atom is -0.480 e. The lowest BCUT2D eigenvalue weighted by Crippen LogP contribution is -2.29. The molecule has 8 heteroatoms. The zero-order valence-corrected chi connectivity index (χ0v) is 10.7. The first-order chi connectivity index (χ1) is 7.32. The van der Waals surface area contributed by atoms with Crippen LogP contribution in [0.3, 0.4) is 0 Å². The van der Waals surface area contributed by atoms with Crippen LogP contribution in [0.5, 0.6) is 0 Å². The molecule has 0 fully saturated rings. The molecular formula is C9H22ClN3O4. The second kappa shape index (κ2) is 13.2. The fourth-order valence-corrected chi connectivity index (χ4v) is 0.632. The fraction of sp³-hybridized carbons (Fsp3) is 0.778. The summed E-state index contributed by atoms with van der Waals surface area (Å²) in [5.74, 6) is -1.90. The molecule has 0 amide bonds. The van der Waals surface area contributed by atoms with E-state index in [0.717, 1.165) is 12.8 Å². The minimum absolute atomic E-state index is 0. The molecule has 0 bridgehead atoms. The number of unbranched alkanes of at least 4 members (excludes halogenated alkanes) is 1. The lowest BCUT2D eigenvalue weighted by atomic mass is 10.1. The van der Waals surface area contributed by atoms with Crippen molar-refractivity contribution >= 4 is 24.3 Å². The van der Waals surface area contributed by atoms with Crippen molar-refractivity contribution in [3.63, 3.8) is 0 Å². The van der Waals surface area contributed by atoms with Crippen LogP contribution in [0.4, 0.5) is 0 Å². The van der Waals surface area contributed by atoms with E-state index in [1.54, 1.807) is 0 Å². The van der Waals surface area contributed by atoms with E-state index in [1.807, 2.05) is 0 Å². The van der Waals surface area contributed by atoms with Crippen LogP contribution in [0.1, 0.15) is 26.2 Å². The summed E-state index contributed by atoms with van der Waals surface area (Å²) in [7, 11) is 0. The molecule has 17 heavy (non-hydrogen) atoms. The average molecular weight is 272 g/mol. The van der Waals surface area contributed by atoms with Gasteiger partial charge in [0.1, 0.15) is 12.1 Å². The van der Waals surface area contributed by atoms with Gasteiger partial charge in [0, 0.05) is 0 Å². The van der Waals surface area contributed by atoms with Gasteiger partial charge in [0.2, 0.25) is 0 Å². The molecule has 0 saturated carbocycles. The molecule has 7 nitrogen and oxygen atoms in total. The molecule has 0 aromatic rings. The van der Waals surface area contributed by atoms with Crippen LogP contribution in [-0.4, -0.2) is 40.8 Å². The van der Waals surface area contributed by atoms with E-state index < -0.39 is 24.0 Å². The number of hydrogen-bond acceptors (Lipinski definition) is 5. The number of aliphatic carboxylic acids is 2. The van der Waals surface area contributed by atoms with E-state index >= 15 is 0 Å². The number of halogens is 1. The van der Waals surface area contributed by atoms with E-state index in [9.17, 15) is 9.59 Å². The smallest absolute Gasteiger partial charge is 0.320 e. The van der Waals surface area contributed by atoms with Gasteiger partial charge in [-0.1, -0.05) is 6.42 Å². The van der Waals surface area contributed by atoms with Crippen molar-refractivity contribution in [1.82, 2.24) is 0 Å². The van der Waals surface area contributed by atoms with Crippen molar-refractivity contribution in [3.05, 3.63) is 0 Å². The molecular weight excluding hydrogens is 250 g/mol. The van der Waals surface area contributed by atoms with E-state index in [1.165, 1.54) is 6.92 Å². The van der Waals surface area contributed by atoms with Gasteiger partial charge in [0.05, 0.1) is 0 Å². The Morgan fingerprint density at radius 3 is 1.76 bits per heavy atom. The van der Waals surface area contributed by atoms with Gasteiger partial charge in [-0.3, -0.25) is 9.59 Å². The highest BCUT2D eigenvalue weighted by Gasteiger charge is 2.09. The maximum Gasteiger partial charge on any atom is 0.320 e. The van der Waals surface area contributed by atoms with Crippen LogP contribution in [0, 0.1) is 0 Å². The Hall–Kier alpha value is -0.890. The second-order valence-electron chi connectivity index (χ2n) is 3.36. The molecule has 0 spiro atoms. The maximum atomic E-state index is 10.1. The van der Waals surface area contributed by atoms with E-state index in [4.69, 9.17) is 27.4 Å². The highest BCUT2D eigenvalue weighted by Crippen LogP contribution is 1.96. The van der Waals surface area contributed by atoms with Crippen LogP contribution >= 0.6 is 12.4 Å². The Kier molecular flexibility index (Phi) is 16.6. The molecule has 0 radical (unpaired) electrons. The van der Waals surface area contributed by atoms with Crippen molar-refractivity contribution in [2.75, 3.05) is 6.54 Å². The Bertz CT molecular complexity index is 214. The van der Waals surface area contributed by atoms with Crippen molar-refractivity contribution in [3.8, 4) is 0 Å². The van der Waals surface area contributed by atoms with Gasteiger partial charge in [0.15, 0.2) is 0 Å². The predicted octanol–water partition coefficient (Wildman–Crippen LogP) is -0.633. The van der Waals surface area contributed by atoms with Gasteiger partial charge >= 0.3 is 11.9 Å². The Labute approximate surface area is 107 Å². The van der Waals surface area contributed by atoms with Gasteiger partial charge < -0.3 is 27.4 Å². The van der Waals surface area contributed by atoms with Crippen molar-refractivity contribution in [2.24, 2.45) is 17.2 Å². The third-order valence-corrected chi connectivity index (χ3v) is 1.68. The first-order valence-electron chi connectivity index (χ1n) is 4.99. The van der Waals surface area contributed by atoms with Crippen molar-refractivity contribution in [2.45, 2.75) is 38.3 Å². The SMILES string of the molecule is C[C@H](N)C(=O)O.Cl.NCCCC[C@H](N)C(=O)O. The molecule has 0 aromatic heterocycles. The zero-order valence-electron chi connectivity index (χ0n) is 9.83. The highest BCUT2D eigenvalue weighted by atomic mass is 35.5. The summed E-state index contributed by atoms with van der Waals surface area (Å²) in [5, 5.41) is 16.2. The first-order valence-corrected chi connectivity index (χ1v) is 4.99. The molecule has 0 rings (SSSR count). The third-order valence-electron chi connectivity index (χ3n) is 1.68. The molecule has 0 aromatic carbocycles. The number of carboxylic acid groups (broad SMARTS) is 2. The first kappa shape index (κ1) is 21.4. The number of nitrogens with two attached hydrogens (primary N) is 3. The average Bonchev–Trinajstić information content (AvgIpc) is 2.18. The summed E-state index contributed by atoms with van der Waals surface area (Å²) in [6.45, 7) is 2.02. The van der Waals surface area contributed by atoms with Gasteiger partial charge in [-0.25, -0.2) is 0 Å². The summed E-state index contributed by atoms with van der Waals surface area (Å²) in [5.41, 5.74) is 15.3. The molecule has 0 heterocycles. The number of rotatable bonds is 6. The summed E-state index contributed by atoms with van der Waals surface area (Å²) >= 11 is 0. The lowest BCUT2D eigenvalue weighted by molar-refractivity contribution is -0.139.